The molecule has 0 radical (unpaired) electrons. The largest absolute Gasteiger partial charge is 0.477 e. The van der Waals surface area contributed by atoms with E-state index in [1.54, 1.807) is 0 Å². The van der Waals surface area contributed by atoms with Gasteiger partial charge < -0.3 is 35.4 Å². The molecule has 8 heteroatoms. The van der Waals surface area contributed by atoms with Gasteiger partial charge in [0.25, 0.3) is 5.79 Å². The van der Waals surface area contributed by atoms with Crippen molar-refractivity contribution in [3.63, 3.8) is 0 Å². The third-order valence-corrected chi connectivity index (χ3v) is 2.45. The van der Waals surface area contributed by atoms with Crippen LogP contribution in [0, 0.1) is 0 Å². The van der Waals surface area contributed by atoms with E-state index in [2.05, 4.69) is 4.74 Å². The lowest BCUT2D eigenvalue weighted by Crippen LogP contribution is -2.61. The van der Waals surface area contributed by atoms with Crippen LogP contribution in [0.1, 0.15) is 6.42 Å². The Morgan fingerprint density at radius 3 is 2.50 bits per heavy atom. The van der Waals surface area contributed by atoms with Gasteiger partial charge in [-0.2, -0.15) is 0 Å². The molecule has 0 amide bonds. The van der Waals surface area contributed by atoms with E-state index in [9.17, 15) is 25.2 Å². The highest BCUT2D eigenvalue weighted by Gasteiger charge is 2.52. The Balaban J connectivity index is 2.89. The molecule has 6 N–H and O–H groups in total. The van der Waals surface area contributed by atoms with Crippen LogP contribution in [0.5, 0.6) is 0 Å². The Labute approximate surface area is 90.3 Å². The molecule has 1 heterocycles. The first kappa shape index (κ1) is 13.3. The second-order valence-electron chi connectivity index (χ2n) is 3.68. The van der Waals surface area contributed by atoms with E-state index in [-0.39, 0.29) is 0 Å². The van der Waals surface area contributed by atoms with E-state index < -0.39 is 49.2 Å². The zero-order valence-electron chi connectivity index (χ0n) is 8.22. The first-order valence-corrected chi connectivity index (χ1v) is 4.60. The number of aliphatic carboxylic acids is 1. The summed E-state index contributed by atoms with van der Waals surface area (Å²) in [5.74, 6) is -4.42. The lowest BCUT2D eigenvalue weighted by atomic mass is 9.93. The minimum absolute atomic E-state index is 0.724. The summed E-state index contributed by atoms with van der Waals surface area (Å²) in [5.41, 5.74) is 0. The average molecular weight is 238 g/mol. The Morgan fingerprint density at radius 2 is 2.06 bits per heavy atom. The van der Waals surface area contributed by atoms with Gasteiger partial charge in [0.1, 0.15) is 18.3 Å². The van der Waals surface area contributed by atoms with Gasteiger partial charge in [-0.1, -0.05) is 0 Å². The van der Waals surface area contributed by atoms with E-state index in [4.69, 9.17) is 10.2 Å². The molecule has 1 aliphatic heterocycles. The quantitative estimate of drug-likeness (QED) is 0.298. The first-order chi connectivity index (χ1) is 7.31. The van der Waals surface area contributed by atoms with Crippen LogP contribution in [0.4, 0.5) is 0 Å². The SMILES string of the molecule is O=C(O)[C@@]1(O)CC(O)[C@@H](O)C(C(O)CO)O1. The lowest BCUT2D eigenvalue weighted by molar-refractivity contribution is -0.308. The van der Waals surface area contributed by atoms with Gasteiger partial charge in [0, 0.05) is 6.42 Å². The predicted octanol–water partition coefficient (Wildman–Crippen LogP) is -3.38. The third kappa shape index (κ3) is 2.32. The van der Waals surface area contributed by atoms with Gasteiger partial charge in [-0.25, -0.2) is 4.79 Å². The number of hydrogen-bond acceptors (Lipinski definition) is 7. The number of aliphatic hydroxyl groups is 5. The summed E-state index contributed by atoms with van der Waals surface area (Å²) in [6.45, 7) is -0.801. The van der Waals surface area contributed by atoms with Crippen LogP contribution in [-0.2, 0) is 9.53 Å². The van der Waals surface area contributed by atoms with Crippen LogP contribution in [0.15, 0.2) is 0 Å². The number of rotatable bonds is 3. The summed E-state index contributed by atoms with van der Waals surface area (Å²) in [6, 6.07) is 0. The first-order valence-electron chi connectivity index (χ1n) is 4.60. The normalized spacial score (nSPS) is 41.7. The van der Waals surface area contributed by atoms with Crippen LogP contribution >= 0.6 is 0 Å². The summed E-state index contributed by atoms with van der Waals surface area (Å²) < 4.78 is 4.61. The molecule has 1 rings (SSSR count). The number of carboxylic acid groups (broad SMARTS) is 1. The molecular formula is C8H14O8. The van der Waals surface area contributed by atoms with Gasteiger partial charge in [0.05, 0.1) is 12.7 Å². The second kappa shape index (κ2) is 4.62. The molecule has 1 aliphatic rings. The van der Waals surface area contributed by atoms with Crippen LogP contribution in [0.3, 0.4) is 0 Å². The zero-order chi connectivity index (χ0) is 12.5. The van der Waals surface area contributed by atoms with Gasteiger partial charge in [0.2, 0.25) is 0 Å². The topological polar surface area (TPSA) is 148 Å². The van der Waals surface area contributed by atoms with E-state index >= 15 is 0 Å². The van der Waals surface area contributed by atoms with Crippen molar-refractivity contribution in [3.8, 4) is 0 Å². The highest BCUT2D eigenvalue weighted by molar-refractivity contribution is 5.75. The maximum Gasteiger partial charge on any atom is 0.364 e. The Bertz CT molecular complexity index is 269. The fraction of sp³-hybridized carbons (Fsp3) is 0.875. The predicted molar refractivity (Wildman–Crippen MR) is 47.2 cm³/mol. The number of ether oxygens (including phenoxy) is 1. The highest BCUT2D eigenvalue weighted by Crippen LogP contribution is 2.29. The molecule has 0 aliphatic carbocycles. The van der Waals surface area contributed by atoms with Crippen molar-refractivity contribution in [2.45, 2.75) is 36.6 Å². The maximum atomic E-state index is 10.7. The molecule has 0 saturated carbocycles. The number of hydrogen-bond donors (Lipinski definition) is 6. The molecule has 8 nitrogen and oxygen atoms in total. The molecular weight excluding hydrogens is 224 g/mol. The maximum absolute atomic E-state index is 10.7. The summed E-state index contributed by atoms with van der Waals surface area (Å²) in [5, 5.41) is 54.7. The molecule has 1 saturated heterocycles. The number of carboxylic acids is 1. The van der Waals surface area contributed by atoms with Crippen molar-refractivity contribution in [1.29, 1.82) is 0 Å². The number of aliphatic hydroxyl groups excluding tert-OH is 4. The molecule has 5 atom stereocenters. The van der Waals surface area contributed by atoms with E-state index in [1.165, 1.54) is 0 Å². The zero-order valence-corrected chi connectivity index (χ0v) is 8.22. The van der Waals surface area contributed by atoms with E-state index in [0.29, 0.717) is 0 Å². The molecule has 0 bridgehead atoms. The van der Waals surface area contributed by atoms with Gasteiger partial charge >= 0.3 is 5.97 Å². The van der Waals surface area contributed by atoms with Crippen molar-refractivity contribution < 1.29 is 40.2 Å². The summed E-state index contributed by atoms with van der Waals surface area (Å²) >= 11 is 0. The Morgan fingerprint density at radius 1 is 1.50 bits per heavy atom. The Hall–Kier alpha value is -0.770. The van der Waals surface area contributed by atoms with Crippen molar-refractivity contribution in [2.75, 3.05) is 6.61 Å². The van der Waals surface area contributed by atoms with E-state index in [1.807, 2.05) is 0 Å². The molecule has 0 spiro atoms. The summed E-state index contributed by atoms with van der Waals surface area (Å²) in [6.07, 6.45) is -7.05. The van der Waals surface area contributed by atoms with Gasteiger partial charge in [-0.05, 0) is 0 Å². The molecule has 16 heavy (non-hydrogen) atoms. The van der Waals surface area contributed by atoms with Gasteiger partial charge in [-0.3, -0.25) is 0 Å². The van der Waals surface area contributed by atoms with E-state index in [0.717, 1.165) is 0 Å². The molecule has 0 aromatic carbocycles. The minimum atomic E-state index is -2.68. The van der Waals surface area contributed by atoms with Crippen molar-refractivity contribution >= 4 is 5.97 Å². The monoisotopic (exact) mass is 238 g/mol. The smallest absolute Gasteiger partial charge is 0.364 e. The van der Waals surface area contributed by atoms with Gasteiger partial charge in [-0.15, -0.1) is 0 Å². The third-order valence-electron chi connectivity index (χ3n) is 2.45. The lowest BCUT2D eigenvalue weighted by Gasteiger charge is -2.41. The van der Waals surface area contributed by atoms with Crippen molar-refractivity contribution in [2.24, 2.45) is 0 Å². The standard InChI is InChI=1S/C8H14O8/c9-2-4(11)6-5(12)3(10)1-8(15,16-6)7(13)14/h3-6,9-12,15H,1-2H2,(H,13,14)/t3?,4?,5-,6?,8-/m1/s1. The van der Waals surface area contributed by atoms with Crippen LogP contribution in [-0.4, -0.2) is 73.4 Å². The highest BCUT2D eigenvalue weighted by atomic mass is 16.7. The van der Waals surface area contributed by atoms with Crippen molar-refractivity contribution in [3.05, 3.63) is 0 Å². The van der Waals surface area contributed by atoms with Crippen molar-refractivity contribution in [1.82, 2.24) is 0 Å². The number of carbonyl (C=O) groups is 1. The second-order valence-corrected chi connectivity index (χ2v) is 3.68. The van der Waals surface area contributed by atoms with Gasteiger partial charge in [0.15, 0.2) is 0 Å². The summed E-state index contributed by atoms with van der Waals surface area (Å²) in [7, 11) is 0. The summed E-state index contributed by atoms with van der Waals surface area (Å²) in [4.78, 5) is 10.7. The fourth-order valence-electron chi connectivity index (χ4n) is 1.51. The van der Waals surface area contributed by atoms with Crippen LogP contribution < -0.4 is 0 Å². The molecule has 0 aromatic heterocycles. The molecule has 94 valence electrons. The molecule has 3 unspecified atom stereocenters. The van der Waals surface area contributed by atoms with Crippen LogP contribution in [0.2, 0.25) is 0 Å². The Kier molecular flexibility index (Phi) is 3.84. The fourth-order valence-corrected chi connectivity index (χ4v) is 1.51. The van der Waals surface area contributed by atoms with Crippen LogP contribution in [0.25, 0.3) is 0 Å². The average Bonchev–Trinajstić information content (AvgIpc) is 2.22. The minimum Gasteiger partial charge on any atom is -0.477 e. The molecule has 1 fully saturated rings. The molecule has 0 aromatic rings.